The minimum atomic E-state index is 0.431. The standard InChI is InChI=1S/C13H16BrN3/c1-17-10-12(15-16-17)8-5-9-13(14)11-6-3-2-4-7-11/h2-4,6-7,10,13H,5,8-9H2,1H3. The van der Waals surface area contributed by atoms with Crippen LogP contribution in [0.5, 0.6) is 0 Å². The summed E-state index contributed by atoms with van der Waals surface area (Å²) >= 11 is 3.72. The molecule has 3 nitrogen and oxygen atoms in total. The van der Waals surface area contributed by atoms with E-state index in [1.165, 1.54) is 5.56 Å². The fourth-order valence-corrected chi connectivity index (χ4v) is 2.43. The SMILES string of the molecule is Cn1cc(CCCC(Br)c2ccccc2)nn1. The van der Waals surface area contributed by atoms with Crippen LogP contribution >= 0.6 is 15.9 Å². The molecule has 0 saturated heterocycles. The fraction of sp³-hybridized carbons (Fsp3) is 0.385. The van der Waals surface area contributed by atoms with Gasteiger partial charge in [0, 0.05) is 18.1 Å². The van der Waals surface area contributed by atoms with Crippen molar-refractivity contribution in [2.45, 2.75) is 24.1 Å². The van der Waals surface area contributed by atoms with Gasteiger partial charge in [-0.05, 0) is 24.8 Å². The molecule has 1 unspecified atom stereocenters. The van der Waals surface area contributed by atoms with Crippen LogP contribution in [0.4, 0.5) is 0 Å². The average molecular weight is 294 g/mol. The Labute approximate surface area is 110 Å². The van der Waals surface area contributed by atoms with Crippen LogP contribution in [0.15, 0.2) is 36.5 Å². The lowest BCUT2D eigenvalue weighted by atomic mass is 10.1. The number of alkyl halides is 1. The normalized spacial score (nSPS) is 12.6. The van der Waals surface area contributed by atoms with Crippen molar-refractivity contribution in [1.82, 2.24) is 15.0 Å². The predicted molar refractivity (Wildman–Crippen MR) is 72.1 cm³/mol. The quantitative estimate of drug-likeness (QED) is 0.792. The average Bonchev–Trinajstić information content (AvgIpc) is 2.76. The molecule has 0 aliphatic rings. The fourth-order valence-electron chi connectivity index (χ4n) is 1.80. The van der Waals surface area contributed by atoms with Crippen molar-refractivity contribution in [2.75, 3.05) is 0 Å². The highest BCUT2D eigenvalue weighted by molar-refractivity contribution is 9.09. The molecule has 4 heteroatoms. The third-order valence-electron chi connectivity index (χ3n) is 2.70. The van der Waals surface area contributed by atoms with Gasteiger partial charge in [0.25, 0.3) is 0 Å². The van der Waals surface area contributed by atoms with Crippen molar-refractivity contribution >= 4 is 15.9 Å². The first-order valence-electron chi connectivity index (χ1n) is 5.80. The van der Waals surface area contributed by atoms with Crippen molar-refractivity contribution in [1.29, 1.82) is 0 Å². The maximum atomic E-state index is 4.08. The van der Waals surface area contributed by atoms with Crippen molar-refractivity contribution in [2.24, 2.45) is 7.05 Å². The zero-order valence-electron chi connectivity index (χ0n) is 9.88. The Hall–Kier alpha value is -1.16. The molecule has 0 amide bonds. The smallest absolute Gasteiger partial charge is 0.0827 e. The molecule has 17 heavy (non-hydrogen) atoms. The summed E-state index contributed by atoms with van der Waals surface area (Å²) < 4.78 is 1.75. The van der Waals surface area contributed by atoms with Gasteiger partial charge in [-0.15, -0.1) is 5.10 Å². The van der Waals surface area contributed by atoms with Crippen molar-refractivity contribution in [3.63, 3.8) is 0 Å². The van der Waals surface area contributed by atoms with E-state index >= 15 is 0 Å². The molecule has 1 aromatic carbocycles. The molecule has 0 radical (unpaired) electrons. The first-order chi connectivity index (χ1) is 8.25. The first kappa shape index (κ1) is 12.3. The second kappa shape index (κ2) is 5.96. The number of benzene rings is 1. The number of halogens is 1. The molecule has 2 aromatic rings. The van der Waals surface area contributed by atoms with Gasteiger partial charge in [0.1, 0.15) is 0 Å². The number of rotatable bonds is 5. The molecular formula is C13H16BrN3. The van der Waals surface area contributed by atoms with Gasteiger partial charge in [0.2, 0.25) is 0 Å². The number of hydrogen-bond acceptors (Lipinski definition) is 2. The first-order valence-corrected chi connectivity index (χ1v) is 6.71. The maximum absolute atomic E-state index is 4.08. The summed E-state index contributed by atoms with van der Waals surface area (Å²) in [6.07, 6.45) is 5.19. The van der Waals surface area contributed by atoms with E-state index in [1.54, 1.807) is 4.68 Å². The molecular weight excluding hydrogens is 278 g/mol. The van der Waals surface area contributed by atoms with Crippen molar-refractivity contribution < 1.29 is 0 Å². The highest BCUT2D eigenvalue weighted by Gasteiger charge is 2.07. The number of aromatic nitrogens is 3. The molecule has 1 aromatic heterocycles. The predicted octanol–water partition coefficient (Wildman–Crippen LogP) is 3.27. The van der Waals surface area contributed by atoms with Gasteiger partial charge in [-0.3, -0.25) is 4.68 Å². The van der Waals surface area contributed by atoms with Crippen molar-refractivity contribution in [3.8, 4) is 0 Å². The zero-order chi connectivity index (χ0) is 12.1. The minimum absolute atomic E-state index is 0.431. The molecule has 0 saturated carbocycles. The van der Waals surface area contributed by atoms with Gasteiger partial charge < -0.3 is 0 Å². The second-order valence-corrected chi connectivity index (χ2v) is 5.26. The van der Waals surface area contributed by atoms with Crippen molar-refractivity contribution in [3.05, 3.63) is 47.8 Å². The van der Waals surface area contributed by atoms with E-state index in [0.29, 0.717) is 4.83 Å². The Bertz CT molecular complexity index is 453. The van der Waals surface area contributed by atoms with E-state index in [4.69, 9.17) is 0 Å². The molecule has 0 bridgehead atoms. The summed E-state index contributed by atoms with van der Waals surface area (Å²) in [4.78, 5) is 0.431. The van der Waals surface area contributed by atoms with Gasteiger partial charge >= 0.3 is 0 Å². The van der Waals surface area contributed by atoms with Gasteiger partial charge in [-0.2, -0.15) is 0 Å². The van der Waals surface area contributed by atoms with Crippen LogP contribution in [0.3, 0.4) is 0 Å². The lowest BCUT2D eigenvalue weighted by Crippen LogP contribution is -1.92. The molecule has 0 aliphatic carbocycles. The second-order valence-electron chi connectivity index (χ2n) is 4.15. The van der Waals surface area contributed by atoms with Gasteiger partial charge in [-0.25, -0.2) is 0 Å². The summed E-state index contributed by atoms with van der Waals surface area (Å²) in [5.41, 5.74) is 2.41. The Kier molecular flexibility index (Phi) is 4.31. The zero-order valence-corrected chi connectivity index (χ0v) is 11.5. The van der Waals surface area contributed by atoms with E-state index in [0.717, 1.165) is 25.0 Å². The van der Waals surface area contributed by atoms with Crippen LogP contribution in [0.2, 0.25) is 0 Å². The summed E-state index contributed by atoms with van der Waals surface area (Å²) in [5, 5.41) is 8.01. The number of nitrogens with zero attached hydrogens (tertiary/aromatic N) is 3. The summed E-state index contributed by atoms with van der Waals surface area (Å²) in [7, 11) is 1.90. The molecule has 1 atom stereocenters. The van der Waals surface area contributed by atoms with Gasteiger partial charge in [-0.1, -0.05) is 51.5 Å². The van der Waals surface area contributed by atoms with Crippen LogP contribution in [-0.2, 0) is 13.5 Å². The molecule has 0 aliphatic heterocycles. The lowest BCUT2D eigenvalue weighted by Gasteiger charge is -2.08. The van der Waals surface area contributed by atoms with Crippen LogP contribution in [-0.4, -0.2) is 15.0 Å². The third kappa shape index (κ3) is 3.66. The molecule has 90 valence electrons. The van der Waals surface area contributed by atoms with E-state index < -0.39 is 0 Å². The Morgan fingerprint density at radius 2 is 2.06 bits per heavy atom. The number of hydrogen-bond donors (Lipinski definition) is 0. The lowest BCUT2D eigenvalue weighted by molar-refractivity contribution is 0.702. The van der Waals surface area contributed by atoms with E-state index in [-0.39, 0.29) is 0 Å². The van der Waals surface area contributed by atoms with Crippen LogP contribution < -0.4 is 0 Å². The number of aryl methyl sites for hydroxylation is 2. The minimum Gasteiger partial charge on any atom is -0.255 e. The topological polar surface area (TPSA) is 30.7 Å². The summed E-state index contributed by atoms with van der Waals surface area (Å²) in [5.74, 6) is 0. The van der Waals surface area contributed by atoms with Crippen LogP contribution in [0.1, 0.15) is 28.9 Å². The molecule has 0 fully saturated rings. The third-order valence-corrected chi connectivity index (χ3v) is 3.69. The highest BCUT2D eigenvalue weighted by Crippen LogP contribution is 2.27. The Morgan fingerprint density at radius 3 is 2.71 bits per heavy atom. The highest BCUT2D eigenvalue weighted by atomic mass is 79.9. The maximum Gasteiger partial charge on any atom is 0.0827 e. The monoisotopic (exact) mass is 293 g/mol. The van der Waals surface area contributed by atoms with E-state index in [1.807, 2.05) is 19.3 Å². The van der Waals surface area contributed by atoms with E-state index in [2.05, 4.69) is 50.5 Å². The van der Waals surface area contributed by atoms with E-state index in [9.17, 15) is 0 Å². The van der Waals surface area contributed by atoms with Gasteiger partial charge in [0.05, 0.1) is 5.69 Å². The largest absolute Gasteiger partial charge is 0.255 e. The molecule has 0 N–H and O–H groups in total. The van der Waals surface area contributed by atoms with Crippen LogP contribution in [0.25, 0.3) is 0 Å². The Morgan fingerprint density at radius 1 is 1.29 bits per heavy atom. The van der Waals surface area contributed by atoms with Crippen LogP contribution in [0, 0.1) is 0 Å². The summed E-state index contributed by atoms with van der Waals surface area (Å²) in [6, 6.07) is 10.5. The molecule has 0 spiro atoms. The Balaban J connectivity index is 1.79. The molecule has 2 rings (SSSR count). The summed E-state index contributed by atoms with van der Waals surface area (Å²) in [6.45, 7) is 0. The molecule has 1 heterocycles. The van der Waals surface area contributed by atoms with Gasteiger partial charge in [0.15, 0.2) is 0 Å².